The molecule has 0 spiro atoms. The summed E-state index contributed by atoms with van der Waals surface area (Å²) in [6.07, 6.45) is 0. The average Bonchev–Trinajstić information content (AvgIpc) is 4.24. The highest BCUT2D eigenvalue weighted by molar-refractivity contribution is 6.86. The van der Waals surface area contributed by atoms with Crippen LogP contribution in [0.5, 0.6) is 0 Å². The molecule has 0 nitrogen and oxygen atoms in total. The first kappa shape index (κ1) is 23.8. The molecule has 36 rings (SSSR count). The normalized spacial score (nSPS) is 18.0. The molecule has 0 amide bonds. The molecule has 36 aromatic rings. The van der Waals surface area contributed by atoms with E-state index in [2.05, 4.69) is 0 Å². The number of benzene rings is 18. The van der Waals surface area contributed by atoms with Gasteiger partial charge in [0.25, 0.3) is 0 Å². The minimum Gasteiger partial charge on any atom is 0 e. The molecule has 0 aliphatic carbocycles. The minimum atomic E-state index is 1.67. The van der Waals surface area contributed by atoms with Gasteiger partial charge >= 0.3 is 0 Å². The first-order chi connectivity index (χ1) is 35.0. The summed E-state index contributed by atoms with van der Waals surface area (Å²) in [6, 6.07) is 0. The zero-order valence-corrected chi connectivity index (χ0v) is 35.0. The van der Waals surface area contributed by atoms with E-state index in [1.807, 2.05) is 0 Å². The molecule has 0 atom stereocenters. The van der Waals surface area contributed by atoms with Crippen molar-refractivity contribution in [3.05, 3.63) is 0 Å². The van der Waals surface area contributed by atoms with Crippen molar-refractivity contribution in [2.24, 2.45) is 0 Å². The molecule has 0 aromatic heterocycles. The Morgan fingerprint density at radius 3 is 0.0571 bits per heavy atom. The Balaban J connectivity index is 1.27. The average molecular weight is 841 g/mol. The van der Waals surface area contributed by atoms with Gasteiger partial charge in [-0.15, -0.1) is 0 Å². The van der Waals surface area contributed by atoms with Crippen LogP contribution in [0.15, 0.2) is 0 Å². The molecule has 70 heavy (non-hydrogen) atoms. The third-order valence-electron chi connectivity index (χ3n) is 26.2. The van der Waals surface area contributed by atoms with E-state index in [0.29, 0.717) is 0 Å². The topological polar surface area (TPSA) is 0 Å². The van der Waals surface area contributed by atoms with Gasteiger partial charge in [0.1, 0.15) is 0 Å². The van der Waals surface area contributed by atoms with Crippen LogP contribution in [0, 0.1) is 0 Å². The van der Waals surface area contributed by atoms with Crippen molar-refractivity contribution in [1.82, 2.24) is 0 Å². The standard InChI is InChI=1S/C70/c1-2-5-3(1)7-15-20-16(7)25-18-10(5)12-6(2)11-8-4(1)9-14-13(8)23-29-19(11)28-22(12)32-38-27(18)39-45-35(25)31(20)37-26-17(9)21(15)30-24(14)34-33(23)44-51-41(29)40(28)50-42(32)54-48(38)49(39)57-61-53(45)47(37)56-55-46(36(26)30)43(34)52(44)60-63(55)68(64(56)61)69-65(57)62(54)67-58(50)59(51)66(60)70(67)69. The molecule has 0 saturated carbocycles. The van der Waals surface area contributed by atoms with Crippen LogP contribution >= 0.6 is 0 Å². The van der Waals surface area contributed by atoms with Crippen LogP contribution in [0.4, 0.5) is 0 Å². The largest absolute Gasteiger partial charge is 0 e. The molecule has 0 heterocycles. The Bertz CT molecular complexity index is 8710. The van der Waals surface area contributed by atoms with Crippen molar-refractivity contribution in [2.75, 3.05) is 0 Å². The smallest absolute Gasteiger partial charge is 0 e. The lowest BCUT2D eigenvalue weighted by atomic mass is 9.79. The Morgan fingerprint density at radius 1 is 0.0286 bits per heavy atom. The van der Waals surface area contributed by atoms with Crippen LogP contribution in [0.25, 0.3) is 377 Å². The molecule has 0 N–H and O–H groups in total. The molecule has 0 aliphatic heterocycles. The lowest BCUT2D eigenvalue weighted by Gasteiger charge is -2.22. The van der Waals surface area contributed by atoms with Crippen molar-refractivity contribution in [3.63, 3.8) is 0 Å². The van der Waals surface area contributed by atoms with Gasteiger partial charge in [-0.25, -0.2) is 0 Å². The van der Waals surface area contributed by atoms with Gasteiger partial charge in [0.15, 0.2) is 0 Å². The zero-order chi connectivity index (χ0) is 40.4. The number of hydrogen-bond donors (Lipinski definition) is 0. The van der Waals surface area contributed by atoms with E-state index < -0.39 is 0 Å². The summed E-state index contributed by atoms with van der Waals surface area (Å²) in [6.45, 7) is 0. The lowest BCUT2D eigenvalue weighted by molar-refractivity contribution is 2.13. The molecule has 0 radical (unpaired) electrons. The predicted octanol–water partition coefficient (Wildman–Crippen LogP) is 20.7. The van der Waals surface area contributed by atoms with Crippen molar-refractivity contribution < 1.29 is 0 Å². The minimum absolute atomic E-state index is 1.67. The van der Waals surface area contributed by atoms with Gasteiger partial charge in [-0.3, -0.25) is 0 Å². The number of hydrogen-bond acceptors (Lipinski definition) is 0. The molecule has 0 unspecified atom stereocenters. The number of fused-ring (bicyclic) bond motifs is 5. The van der Waals surface area contributed by atoms with E-state index in [4.69, 9.17) is 0 Å². The molecule has 0 heteroatoms. The van der Waals surface area contributed by atoms with Crippen molar-refractivity contribution in [2.45, 2.75) is 0 Å². The fraction of sp³-hybridized carbons (Fsp3) is 0. The van der Waals surface area contributed by atoms with Crippen LogP contribution in [0.2, 0.25) is 0 Å². The van der Waals surface area contributed by atoms with E-state index in [0.717, 1.165) is 0 Å². The van der Waals surface area contributed by atoms with Crippen LogP contribution in [-0.4, -0.2) is 0 Å². The Hall–Kier alpha value is -9.10. The van der Waals surface area contributed by atoms with E-state index >= 15 is 0 Å². The van der Waals surface area contributed by atoms with E-state index in [-0.39, 0.29) is 0 Å². The van der Waals surface area contributed by atoms with Gasteiger partial charge in [-0.1, -0.05) is 0 Å². The van der Waals surface area contributed by atoms with Gasteiger partial charge in [0, 0.05) is 377 Å². The lowest BCUT2D eigenvalue weighted by Crippen LogP contribution is -1.92. The zero-order valence-electron chi connectivity index (χ0n) is 35.0. The first-order valence-electron chi connectivity index (χ1n) is 26.2. The second-order valence-electron chi connectivity index (χ2n) is 26.2. The molecule has 0 fully saturated rings. The second kappa shape index (κ2) is 5.15. The SMILES string of the molecule is c12c3c4c1c1c5c6c7c8c9c%10c%11c%12c(c4%11)c4c%11c%12c%12c%13c%14c%15c%16c%17c%18c%19c%20c%21c%22c%23c(c(c%11%14)c%11c%23c%14c%22c%22c%20c%20c%19c%19c%17c(c%16%13)c(c%13c%19c%16c(c%138)c6c6c(c%22c8c6c5c2c(c3c4%11)c8%14)c%20%16)c9c%12c%10c71)c%15c%18%21. The maximum atomic E-state index is 1.67. The maximum Gasteiger partial charge on any atom is 0 e. The molecular formula is C70. The Labute approximate surface area is 374 Å². The molecule has 36 aromatic carbocycles. The molecular weight excluding hydrogens is 841 g/mol. The van der Waals surface area contributed by atoms with E-state index in [1.165, 1.54) is 0 Å². The summed E-state index contributed by atoms with van der Waals surface area (Å²) < 4.78 is 0. The highest BCUT2D eigenvalue weighted by Crippen LogP contribution is 2.81. The summed E-state index contributed by atoms with van der Waals surface area (Å²) in [5.74, 6) is 0. The molecule has 0 saturated heterocycles. The van der Waals surface area contributed by atoms with E-state index in [1.54, 1.807) is 377 Å². The summed E-state index contributed by atoms with van der Waals surface area (Å²) in [4.78, 5) is 0. The summed E-state index contributed by atoms with van der Waals surface area (Å²) in [5.41, 5.74) is 0. The fourth-order valence-electron chi connectivity index (χ4n) is 26.1. The summed E-state index contributed by atoms with van der Waals surface area (Å²) in [5, 5.41) is 117. The number of rotatable bonds is 0. The van der Waals surface area contributed by atoms with Crippen molar-refractivity contribution >= 4 is 377 Å². The Kier molecular flexibility index (Phi) is 1.75. The Morgan fingerprint density at radius 2 is 0.0429 bits per heavy atom. The predicted molar refractivity (Wildman–Crippen MR) is 304 cm³/mol. The highest BCUT2D eigenvalue weighted by Gasteiger charge is 2.52. The monoisotopic (exact) mass is 840 g/mol. The molecule has 280 valence electrons. The third kappa shape index (κ3) is 1.17. The van der Waals surface area contributed by atoms with Gasteiger partial charge in [0.05, 0.1) is 0 Å². The molecule has 0 aliphatic rings. The van der Waals surface area contributed by atoms with Crippen molar-refractivity contribution in [3.8, 4) is 0 Å². The second-order valence-corrected chi connectivity index (χ2v) is 26.2. The quantitative estimate of drug-likeness (QED) is 0.105. The van der Waals surface area contributed by atoms with Gasteiger partial charge < -0.3 is 0 Å². The van der Waals surface area contributed by atoms with Crippen LogP contribution < -0.4 is 0 Å². The summed E-state index contributed by atoms with van der Waals surface area (Å²) >= 11 is 0. The fourth-order valence-corrected chi connectivity index (χ4v) is 26.1. The highest BCUT2D eigenvalue weighted by atomic mass is 14.5. The van der Waals surface area contributed by atoms with Gasteiger partial charge in [0.2, 0.25) is 0 Å². The molecule has 4 bridgehead atoms. The summed E-state index contributed by atoms with van der Waals surface area (Å²) in [7, 11) is 0. The van der Waals surface area contributed by atoms with E-state index in [9.17, 15) is 0 Å². The van der Waals surface area contributed by atoms with Crippen LogP contribution in [-0.2, 0) is 0 Å². The maximum absolute atomic E-state index is 1.67. The van der Waals surface area contributed by atoms with Gasteiger partial charge in [-0.2, -0.15) is 0 Å². The van der Waals surface area contributed by atoms with Crippen LogP contribution in [0.3, 0.4) is 0 Å². The van der Waals surface area contributed by atoms with Crippen molar-refractivity contribution in [1.29, 1.82) is 0 Å². The third-order valence-corrected chi connectivity index (χ3v) is 26.2. The first-order valence-corrected chi connectivity index (χ1v) is 26.2. The van der Waals surface area contributed by atoms with Gasteiger partial charge in [-0.05, 0) is 0 Å². The van der Waals surface area contributed by atoms with Crippen LogP contribution in [0.1, 0.15) is 0 Å².